The van der Waals surface area contributed by atoms with E-state index in [-0.39, 0.29) is 17.6 Å². The fourth-order valence-corrected chi connectivity index (χ4v) is 3.84. The van der Waals surface area contributed by atoms with Crippen LogP contribution in [-0.2, 0) is 17.8 Å². The number of rotatable bonds is 9. The Morgan fingerprint density at radius 3 is 1.81 bits per heavy atom. The fourth-order valence-electron chi connectivity index (χ4n) is 3.84. The maximum absolute atomic E-state index is 13.7. The lowest BCUT2D eigenvalue weighted by Gasteiger charge is -2.19. The molecule has 7 heteroatoms. The number of ether oxygens (including phenoxy) is 1. The van der Waals surface area contributed by atoms with Gasteiger partial charge in [-0.2, -0.15) is 0 Å². The first-order valence-electron chi connectivity index (χ1n) is 14.0. The Morgan fingerprint density at radius 1 is 0.738 bits per heavy atom. The quantitative estimate of drug-likeness (QED) is 0.179. The van der Waals surface area contributed by atoms with Gasteiger partial charge in [-0.3, -0.25) is 4.79 Å². The predicted molar refractivity (Wildman–Crippen MR) is 168 cm³/mol. The molecule has 0 unspecified atom stereocenters. The van der Waals surface area contributed by atoms with E-state index in [1.165, 1.54) is 17.7 Å². The third-order valence-corrected chi connectivity index (χ3v) is 5.81. The van der Waals surface area contributed by atoms with E-state index in [0.29, 0.717) is 17.8 Å². The van der Waals surface area contributed by atoms with Crippen molar-refractivity contribution in [1.82, 2.24) is 5.32 Å². The van der Waals surface area contributed by atoms with Crippen molar-refractivity contribution in [1.29, 1.82) is 0 Å². The molecule has 0 aliphatic heterocycles. The Balaban J connectivity index is 0.000000230. The Hall–Kier alpha value is -4.65. The molecule has 42 heavy (non-hydrogen) atoms. The van der Waals surface area contributed by atoms with E-state index < -0.39 is 17.3 Å². The number of anilines is 2. The monoisotopic (exact) mass is 569 g/mol. The van der Waals surface area contributed by atoms with Crippen molar-refractivity contribution in [3.8, 4) is 0 Å². The van der Waals surface area contributed by atoms with Crippen molar-refractivity contribution in [3.63, 3.8) is 0 Å². The summed E-state index contributed by atoms with van der Waals surface area (Å²) in [4.78, 5) is 24.0. The molecule has 0 radical (unpaired) electrons. The van der Waals surface area contributed by atoms with E-state index in [4.69, 9.17) is 4.74 Å². The average molecular weight is 570 g/mol. The minimum atomic E-state index is -0.515. The van der Waals surface area contributed by atoms with Gasteiger partial charge in [-0.05, 0) is 82.1 Å². The molecule has 0 fully saturated rings. The number of hydrogen-bond acceptors (Lipinski definition) is 5. The van der Waals surface area contributed by atoms with Gasteiger partial charge in [0.25, 0.3) is 5.91 Å². The van der Waals surface area contributed by atoms with Crippen molar-refractivity contribution in [2.45, 2.75) is 59.4 Å². The van der Waals surface area contributed by atoms with Gasteiger partial charge in [-0.15, -0.1) is 0 Å². The molecule has 0 aromatic heterocycles. The van der Waals surface area contributed by atoms with Gasteiger partial charge in [0.1, 0.15) is 11.4 Å². The highest BCUT2D eigenvalue weighted by Gasteiger charge is 2.18. The van der Waals surface area contributed by atoms with Crippen molar-refractivity contribution in [2.24, 2.45) is 0 Å². The molecule has 4 rings (SSSR count). The smallest absolute Gasteiger partial charge is 0.338 e. The second kappa shape index (κ2) is 15.4. The van der Waals surface area contributed by atoms with E-state index in [9.17, 15) is 14.0 Å². The summed E-state index contributed by atoms with van der Waals surface area (Å²) in [6.07, 6.45) is 0. The molecular formula is C35H40FN3O3. The lowest BCUT2D eigenvalue weighted by atomic mass is 10.1. The van der Waals surface area contributed by atoms with E-state index >= 15 is 0 Å². The number of esters is 1. The third kappa shape index (κ3) is 11.1. The summed E-state index contributed by atoms with van der Waals surface area (Å²) in [7, 11) is 0. The summed E-state index contributed by atoms with van der Waals surface area (Å²) < 4.78 is 19.1. The predicted octanol–water partition coefficient (Wildman–Crippen LogP) is 7.83. The maximum Gasteiger partial charge on any atom is 0.338 e. The summed E-state index contributed by atoms with van der Waals surface area (Å²) >= 11 is 0. The summed E-state index contributed by atoms with van der Waals surface area (Å²) in [5.74, 6) is -1.21. The van der Waals surface area contributed by atoms with E-state index in [1.54, 1.807) is 12.1 Å². The second-order valence-electron chi connectivity index (χ2n) is 11.1. The van der Waals surface area contributed by atoms with Gasteiger partial charge in [0.05, 0.1) is 11.1 Å². The van der Waals surface area contributed by atoms with E-state index in [1.807, 2.05) is 101 Å². The van der Waals surface area contributed by atoms with Gasteiger partial charge < -0.3 is 20.7 Å². The van der Waals surface area contributed by atoms with Gasteiger partial charge in [0, 0.05) is 30.5 Å². The summed E-state index contributed by atoms with van der Waals surface area (Å²) in [6, 6.07) is 31.8. The number of benzene rings is 4. The van der Waals surface area contributed by atoms with Crippen LogP contribution in [0.1, 0.15) is 66.5 Å². The van der Waals surface area contributed by atoms with E-state index in [0.717, 1.165) is 17.8 Å². The van der Waals surface area contributed by atoms with Crippen LogP contribution in [0.4, 0.5) is 15.8 Å². The van der Waals surface area contributed by atoms with Crippen LogP contribution in [0.3, 0.4) is 0 Å². The van der Waals surface area contributed by atoms with Crippen LogP contribution in [0.15, 0.2) is 103 Å². The normalized spacial score (nSPS) is 10.7. The Labute approximate surface area is 248 Å². The number of halogens is 1. The Kier molecular flexibility index (Phi) is 11.7. The van der Waals surface area contributed by atoms with Crippen LogP contribution >= 0.6 is 0 Å². The van der Waals surface area contributed by atoms with Crippen LogP contribution in [0.25, 0.3) is 0 Å². The molecule has 0 aliphatic carbocycles. The summed E-state index contributed by atoms with van der Waals surface area (Å²) in [5.41, 5.74) is 4.07. The summed E-state index contributed by atoms with van der Waals surface area (Å²) in [6.45, 7) is 10.6. The molecule has 4 aromatic carbocycles. The molecule has 1 amide bonds. The van der Waals surface area contributed by atoms with Crippen LogP contribution < -0.4 is 16.0 Å². The van der Waals surface area contributed by atoms with E-state index in [2.05, 4.69) is 28.1 Å². The van der Waals surface area contributed by atoms with Crippen LogP contribution in [0.2, 0.25) is 0 Å². The summed E-state index contributed by atoms with van der Waals surface area (Å²) in [5, 5.41) is 9.20. The topological polar surface area (TPSA) is 79.5 Å². The Bertz CT molecular complexity index is 1440. The molecule has 3 N–H and O–H groups in total. The molecule has 0 heterocycles. The highest BCUT2D eigenvalue weighted by Crippen LogP contribution is 2.17. The number of carbonyl (C=O) groups excluding carboxylic acids is 2. The molecule has 0 aliphatic rings. The van der Waals surface area contributed by atoms with Gasteiger partial charge in [0.2, 0.25) is 0 Å². The molecule has 220 valence electrons. The third-order valence-electron chi connectivity index (χ3n) is 5.81. The highest BCUT2D eigenvalue weighted by molar-refractivity contribution is 5.95. The van der Waals surface area contributed by atoms with Gasteiger partial charge in [-0.1, -0.05) is 66.7 Å². The van der Waals surface area contributed by atoms with Gasteiger partial charge in [-0.25, -0.2) is 9.18 Å². The standard InChI is InChI=1S/C18H21NO2.C17H19FN2O/c1-18(2,3)21-17(20)15-10-7-11-16(12-15)19-13-14-8-5-4-6-9-14;1-12(2)20-17(21)15-10-14(8-9-16(15)18)19-11-13-6-4-3-5-7-13/h4-12,19H,13H2,1-3H3;3-10,12,19H,11H2,1-2H3,(H,20,21). The first kappa shape index (κ1) is 31.9. The lowest BCUT2D eigenvalue weighted by molar-refractivity contribution is 0.00694. The zero-order valence-corrected chi connectivity index (χ0v) is 24.9. The van der Waals surface area contributed by atoms with Crippen LogP contribution in [0.5, 0.6) is 0 Å². The zero-order chi connectivity index (χ0) is 30.5. The van der Waals surface area contributed by atoms with Crippen molar-refractivity contribution in [2.75, 3.05) is 10.6 Å². The molecular weight excluding hydrogens is 529 g/mol. The molecule has 6 nitrogen and oxygen atoms in total. The molecule has 0 atom stereocenters. The Morgan fingerprint density at radius 2 is 1.29 bits per heavy atom. The molecule has 4 aromatic rings. The molecule has 0 spiro atoms. The van der Waals surface area contributed by atoms with Crippen molar-refractivity contribution in [3.05, 3.63) is 131 Å². The minimum Gasteiger partial charge on any atom is -0.456 e. The number of hydrogen-bond donors (Lipinski definition) is 3. The maximum atomic E-state index is 13.7. The largest absolute Gasteiger partial charge is 0.456 e. The SMILES string of the molecule is CC(C)(C)OC(=O)c1cccc(NCc2ccccc2)c1.CC(C)NC(=O)c1cc(NCc2ccccc2)ccc1F. The minimum absolute atomic E-state index is 0.0298. The van der Waals surface area contributed by atoms with Crippen molar-refractivity contribution < 1.29 is 18.7 Å². The average Bonchev–Trinajstić information content (AvgIpc) is 2.96. The second-order valence-corrected chi connectivity index (χ2v) is 11.1. The molecule has 0 saturated heterocycles. The number of carbonyl (C=O) groups is 2. The zero-order valence-electron chi connectivity index (χ0n) is 24.9. The fraction of sp³-hybridized carbons (Fsp3) is 0.257. The van der Waals surface area contributed by atoms with Gasteiger partial charge in [0.15, 0.2) is 0 Å². The van der Waals surface area contributed by atoms with Crippen LogP contribution in [-0.4, -0.2) is 23.5 Å². The molecule has 0 saturated carbocycles. The first-order chi connectivity index (χ1) is 20.0. The first-order valence-corrected chi connectivity index (χ1v) is 14.0. The molecule has 0 bridgehead atoms. The van der Waals surface area contributed by atoms with Crippen LogP contribution in [0, 0.1) is 5.82 Å². The highest BCUT2D eigenvalue weighted by atomic mass is 19.1. The number of amides is 1. The van der Waals surface area contributed by atoms with Gasteiger partial charge >= 0.3 is 5.97 Å². The number of nitrogens with one attached hydrogen (secondary N) is 3. The lowest BCUT2D eigenvalue weighted by Crippen LogP contribution is -2.30. The van der Waals surface area contributed by atoms with Crippen molar-refractivity contribution >= 4 is 23.3 Å².